The fourth-order valence-corrected chi connectivity index (χ4v) is 1.81. The van der Waals surface area contributed by atoms with E-state index in [2.05, 4.69) is 0 Å². The summed E-state index contributed by atoms with van der Waals surface area (Å²) in [6.45, 7) is 7.44. The third-order valence-electron chi connectivity index (χ3n) is 2.72. The molecule has 1 N–H and O–H groups in total. The van der Waals surface area contributed by atoms with Crippen LogP contribution in [0.1, 0.15) is 42.1 Å². The number of aryl methyl sites for hydroxylation is 2. The van der Waals surface area contributed by atoms with Crippen molar-refractivity contribution in [2.24, 2.45) is 0 Å². The third-order valence-corrected chi connectivity index (χ3v) is 2.72. The number of carboxylic acid groups (broad SMARTS) is 1. The highest BCUT2D eigenvalue weighted by Crippen LogP contribution is 2.17. The van der Waals surface area contributed by atoms with Gasteiger partial charge in [-0.1, -0.05) is 0 Å². The summed E-state index contributed by atoms with van der Waals surface area (Å²) in [7, 11) is 0. The molecule has 0 saturated heterocycles. The Bertz CT molecular complexity index is 448. The third kappa shape index (κ3) is 3.35. The molecule has 1 amide bonds. The second-order valence-electron chi connectivity index (χ2n) is 4.56. The second kappa shape index (κ2) is 5.71. The van der Waals surface area contributed by atoms with E-state index in [1.54, 1.807) is 24.8 Å². The van der Waals surface area contributed by atoms with Crippen LogP contribution < -0.4 is 0 Å². The van der Waals surface area contributed by atoms with E-state index in [4.69, 9.17) is 9.52 Å². The highest BCUT2D eigenvalue weighted by molar-refractivity contribution is 5.95. The number of aliphatic carboxylic acids is 1. The van der Waals surface area contributed by atoms with Crippen molar-refractivity contribution in [3.8, 4) is 0 Å². The number of hydrogen-bond acceptors (Lipinski definition) is 3. The summed E-state index contributed by atoms with van der Waals surface area (Å²) in [6, 6.07) is 1.64. The standard InChI is InChI=1S/C13H19NO4/c1-8(2)14(6-5-12(15)16)13(17)11-7-9(3)18-10(11)4/h7-8H,5-6H2,1-4H3,(H,15,16). The lowest BCUT2D eigenvalue weighted by Gasteiger charge is -2.25. The number of nitrogens with zero attached hydrogens (tertiary/aromatic N) is 1. The van der Waals surface area contributed by atoms with Gasteiger partial charge < -0.3 is 14.4 Å². The molecule has 0 bridgehead atoms. The van der Waals surface area contributed by atoms with Crippen LogP contribution in [0.5, 0.6) is 0 Å². The van der Waals surface area contributed by atoms with Gasteiger partial charge in [-0.3, -0.25) is 9.59 Å². The summed E-state index contributed by atoms with van der Waals surface area (Å²) < 4.78 is 5.33. The van der Waals surface area contributed by atoms with Gasteiger partial charge in [0.15, 0.2) is 0 Å². The van der Waals surface area contributed by atoms with Crippen LogP contribution in [0.15, 0.2) is 10.5 Å². The normalized spacial score (nSPS) is 10.7. The minimum absolute atomic E-state index is 0.0496. The number of carbonyl (C=O) groups is 2. The van der Waals surface area contributed by atoms with Crippen LogP contribution in [0, 0.1) is 13.8 Å². The summed E-state index contributed by atoms with van der Waals surface area (Å²) >= 11 is 0. The van der Waals surface area contributed by atoms with Crippen LogP contribution in [0.2, 0.25) is 0 Å². The lowest BCUT2D eigenvalue weighted by atomic mass is 10.2. The van der Waals surface area contributed by atoms with Crippen LogP contribution in [0.25, 0.3) is 0 Å². The van der Waals surface area contributed by atoms with Gasteiger partial charge in [-0.15, -0.1) is 0 Å². The van der Waals surface area contributed by atoms with Crippen LogP contribution in [-0.4, -0.2) is 34.5 Å². The summed E-state index contributed by atoms with van der Waals surface area (Å²) in [5, 5.41) is 8.70. The Labute approximate surface area is 106 Å². The van der Waals surface area contributed by atoms with Gasteiger partial charge in [0.25, 0.3) is 5.91 Å². The van der Waals surface area contributed by atoms with E-state index in [-0.39, 0.29) is 24.9 Å². The highest BCUT2D eigenvalue weighted by atomic mass is 16.4. The number of carbonyl (C=O) groups excluding carboxylic acids is 1. The Morgan fingerprint density at radius 3 is 2.39 bits per heavy atom. The number of hydrogen-bond donors (Lipinski definition) is 1. The van der Waals surface area contributed by atoms with Gasteiger partial charge in [0, 0.05) is 12.6 Å². The van der Waals surface area contributed by atoms with Gasteiger partial charge in [-0.25, -0.2) is 0 Å². The predicted octanol–water partition coefficient (Wildman–Crippen LogP) is 2.22. The fraction of sp³-hybridized carbons (Fsp3) is 0.538. The smallest absolute Gasteiger partial charge is 0.305 e. The molecule has 0 aliphatic heterocycles. The second-order valence-corrected chi connectivity index (χ2v) is 4.56. The highest BCUT2D eigenvalue weighted by Gasteiger charge is 2.23. The summed E-state index contributed by atoms with van der Waals surface area (Å²) in [6.07, 6.45) is -0.0558. The zero-order valence-corrected chi connectivity index (χ0v) is 11.2. The van der Waals surface area contributed by atoms with Crippen molar-refractivity contribution in [1.82, 2.24) is 4.90 Å². The first-order valence-corrected chi connectivity index (χ1v) is 5.92. The quantitative estimate of drug-likeness (QED) is 0.873. The van der Waals surface area contributed by atoms with E-state index in [0.29, 0.717) is 17.1 Å². The molecule has 0 saturated carbocycles. The fourth-order valence-electron chi connectivity index (χ4n) is 1.81. The van der Waals surface area contributed by atoms with Crippen molar-refractivity contribution >= 4 is 11.9 Å². The van der Waals surface area contributed by atoms with Gasteiger partial charge in [-0.05, 0) is 33.8 Å². The predicted molar refractivity (Wildman–Crippen MR) is 66.6 cm³/mol. The van der Waals surface area contributed by atoms with E-state index in [9.17, 15) is 9.59 Å². The molecular weight excluding hydrogens is 234 g/mol. The van der Waals surface area contributed by atoms with Gasteiger partial charge in [0.1, 0.15) is 11.5 Å². The molecule has 5 nitrogen and oxygen atoms in total. The molecule has 0 aliphatic rings. The average molecular weight is 253 g/mol. The maximum Gasteiger partial charge on any atom is 0.305 e. The summed E-state index contributed by atoms with van der Waals surface area (Å²) in [5.41, 5.74) is 0.506. The molecule has 100 valence electrons. The number of amides is 1. The van der Waals surface area contributed by atoms with E-state index in [1.807, 2.05) is 13.8 Å². The van der Waals surface area contributed by atoms with Crippen LogP contribution >= 0.6 is 0 Å². The maximum atomic E-state index is 12.3. The first-order chi connectivity index (χ1) is 8.32. The molecule has 0 unspecified atom stereocenters. The monoisotopic (exact) mass is 253 g/mol. The van der Waals surface area contributed by atoms with Crippen molar-refractivity contribution in [3.05, 3.63) is 23.2 Å². The number of furan rings is 1. The zero-order chi connectivity index (χ0) is 13.9. The van der Waals surface area contributed by atoms with Crippen molar-refractivity contribution in [1.29, 1.82) is 0 Å². The topological polar surface area (TPSA) is 70.8 Å². The van der Waals surface area contributed by atoms with E-state index >= 15 is 0 Å². The lowest BCUT2D eigenvalue weighted by Crippen LogP contribution is -2.38. The molecule has 0 radical (unpaired) electrons. The van der Waals surface area contributed by atoms with Crippen molar-refractivity contribution in [2.75, 3.05) is 6.54 Å². The molecule has 1 aromatic heterocycles. The summed E-state index contributed by atoms with van der Waals surface area (Å²) in [5.74, 6) is 0.158. The van der Waals surface area contributed by atoms with Gasteiger partial charge in [0.2, 0.25) is 0 Å². The molecule has 5 heteroatoms. The van der Waals surface area contributed by atoms with E-state index in [0.717, 1.165) is 0 Å². The van der Waals surface area contributed by atoms with E-state index in [1.165, 1.54) is 0 Å². The van der Waals surface area contributed by atoms with Crippen molar-refractivity contribution < 1.29 is 19.1 Å². The molecule has 0 spiro atoms. The maximum absolute atomic E-state index is 12.3. The molecule has 18 heavy (non-hydrogen) atoms. The largest absolute Gasteiger partial charge is 0.481 e. The molecule has 0 atom stereocenters. The van der Waals surface area contributed by atoms with Crippen molar-refractivity contribution in [3.63, 3.8) is 0 Å². The molecule has 0 fully saturated rings. The van der Waals surface area contributed by atoms with Gasteiger partial charge in [0.05, 0.1) is 12.0 Å². The Hall–Kier alpha value is -1.78. The average Bonchev–Trinajstić information content (AvgIpc) is 2.56. The molecular formula is C13H19NO4. The van der Waals surface area contributed by atoms with Gasteiger partial charge in [-0.2, -0.15) is 0 Å². The molecule has 1 heterocycles. The van der Waals surface area contributed by atoms with Gasteiger partial charge >= 0.3 is 5.97 Å². The Balaban J connectivity index is 2.89. The van der Waals surface area contributed by atoms with E-state index < -0.39 is 5.97 Å². The minimum Gasteiger partial charge on any atom is -0.481 e. The van der Waals surface area contributed by atoms with Crippen LogP contribution in [-0.2, 0) is 4.79 Å². The Morgan fingerprint density at radius 1 is 1.39 bits per heavy atom. The molecule has 0 aliphatic carbocycles. The van der Waals surface area contributed by atoms with Crippen molar-refractivity contribution in [2.45, 2.75) is 40.2 Å². The molecule has 0 aromatic carbocycles. The van der Waals surface area contributed by atoms with Crippen LogP contribution in [0.4, 0.5) is 0 Å². The lowest BCUT2D eigenvalue weighted by molar-refractivity contribution is -0.137. The minimum atomic E-state index is -0.909. The van der Waals surface area contributed by atoms with Crippen LogP contribution in [0.3, 0.4) is 0 Å². The molecule has 1 rings (SSSR count). The first-order valence-electron chi connectivity index (χ1n) is 5.92. The summed E-state index contributed by atoms with van der Waals surface area (Å²) in [4.78, 5) is 24.5. The zero-order valence-electron chi connectivity index (χ0n) is 11.2. The molecule has 1 aromatic rings. The SMILES string of the molecule is Cc1cc(C(=O)N(CCC(=O)O)C(C)C)c(C)o1. The Kier molecular flexibility index (Phi) is 4.53. The Morgan fingerprint density at radius 2 is 2.00 bits per heavy atom. The first kappa shape index (κ1) is 14.3. The number of rotatable bonds is 5. The number of carboxylic acids is 1.